The van der Waals surface area contributed by atoms with Gasteiger partial charge in [0.1, 0.15) is 53.8 Å². The van der Waals surface area contributed by atoms with Crippen molar-refractivity contribution >= 4 is 27.5 Å². The van der Waals surface area contributed by atoms with E-state index in [0.29, 0.717) is 49.4 Å². The van der Waals surface area contributed by atoms with Gasteiger partial charge in [-0.1, -0.05) is 12.0 Å². The minimum absolute atomic E-state index is 0.0424. The zero-order valence-corrected chi connectivity index (χ0v) is 24.2. The molecule has 45 heavy (non-hydrogen) atoms. The van der Waals surface area contributed by atoms with Crippen molar-refractivity contribution in [1.29, 1.82) is 0 Å². The maximum absolute atomic E-state index is 16.9. The number of alkyl halides is 1. The summed E-state index contributed by atoms with van der Waals surface area (Å²) in [4.78, 5) is 17.8. The van der Waals surface area contributed by atoms with Gasteiger partial charge in [-0.3, -0.25) is 4.90 Å². The molecule has 0 aliphatic carbocycles. The molecule has 1 N–H and O–H groups in total. The lowest BCUT2D eigenvalue weighted by Crippen LogP contribution is -2.43. The number of nitrogens with zero attached hydrogens (tertiary/aromatic N) is 5. The third-order valence-electron chi connectivity index (χ3n) is 9.22. The highest BCUT2D eigenvalue weighted by atomic mass is 19.1. The Hall–Kier alpha value is -4.76. The molecule has 2 aromatic carbocycles. The average molecular weight is 616 g/mol. The minimum Gasteiger partial charge on any atom is -0.508 e. The van der Waals surface area contributed by atoms with Crippen LogP contribution < -0.4 is 14.4 Å². The molecule has 0 radical (unpaired) electrons. The number of fused-ring (bicyclic) bond motifs is 4. The van der Waals surface area contributed by atoms with Gasteiger partial charge in [0.25, 0.3) is 0 Å². The van der Waals surface area contributed by atoms with Crippen molar-refractivity contribution in [1.82, 2.24) is 19.9 Å². The van der Waals surface area contributed by atoms with Crippen LogP contribution in [-0.2, 0) is 4.74 Å². The first-order valence-electron chi connectivity index (χ1n) is 14.9. The Bertz CT molecular complexity index is 1960. The highest BCUT2D eigenvalue weighted by molar-refractivity contribution is 6.04. The van der Waals surface area contributed by atoms with Gasteiger partial charge >= 0.3 is 6.01 Å². The number of aromatic nitrogens is 3. The number of pyridine rings is 1. The number of anilines is 1. The fraction of sp³-hybridized carbons (Fsp3) is 0.364. The van der Waals surface area contributed by atoms with Crippen LogP contribution in [-0.4, -0.2) is 76.1 Å². The van der Waals surface area contributed by atoms with Crippen LogP contribution in [0.1, 0.15) is 31.2 Å². The molecule has 0 spiro atoms. The minimum atomic E-state index is -0.943. The summed E-state index contributed by atoms with van der Waals surface area (Å²) in [5.74, 6) is 1.02. The Kier molecular flexibility index (Phi) is 6.42. The van der Waals surface area contributed by atoms with Gasteiger partial charge in [0, 0.05) is 30.5 Å². The maximum atomic E-state index is 16.9. The molecule has 2 aromatic heterocycles. The summed E-state index contributed by atoms with van der Waals surface area (Å²) in [6, 6.07) is 5.27. The molecule has 230 valence electrons. The van der Waals surface area contributed by atoms with Gasteiger partial charge in [0.15, 0.2) is 11.6 Å². The third kappa shape index (κ3) is 4.40. The van der Waals surface area contributed by atoms with Gasteiger partial charge in [-0.15, -0.1) is 6.42 Å². The van der Waals surface area contributed by atoms with Crippen LogP contribution in [0.2, 0.25) is 0 Å². The molecule has 6 heterocycles. The van der Waals surface area contributed by atoms with Gasteiger partial charge < -0.3 is 24.2 Å². The summed E-state index contributed by atoms with van der Waals surface area (Å²) >= 11 is 0. The number of halogens is 3. The molecule has 4 aliphatic rings. The lowest BCUT2D eigenvalue weighted by molar-refractivity contribution is 0.107. The van der Waals surface area contributed by atoms with Crippen LogP contribution in [0, 0.1) is 24.0 Å². The second-order valence-corrected chi connectivity index (χ2v) is 11.9. The number of benzene rings is 2. The molecule has 0 amide bonds. The van der Waals surface area contributed by atoms with Gasteiger partial charge in [0.2, 0.25) is 5.88 Å². The van der Waals surface area contributed by atoms with Gasteiger partial charge in [-0.25, -0.2) is 18.2 Å². The SMILES string of the molecule is C#Cc1c(F)ccc2cc(O)cc(-c3nc4c5c(nc(OC[C@@]67CCCN6C[C@H](F)C7)nc5c3F)N3CCCOC=C3CO4)c12. The highest BCUT2D eigenvalue weighted by Gasteiger charge is 2.49. The first-order chi connectivity index (χ1) is 21.8. The second kappa shape index (κ2) is 10.4. The molecule has 4 aliphatic heterocycles. The maximum Gasteiger partial charge on any atom is 0.319 e. The summed E-state index contributed by atoms with van der Waals surface area (Å²) in [6.07, 6.45) is 9.06. The van der Waals surface area contributed by atoms with E-state index < -0.39 is 23.3 Å². The second-order valence-electron chi connectivity index (χ2n) is 11.9. The highest BCUT2D eigenvalue weighted by Crippen LogP contribution is 2.45. The Balaban J connectivity index is 1.34. The van der Waals surface area contributed by atoms with Gasteiger partial charge in [-0.2, -0.15) is 9.97 Å². The largest absolute Gasteiger partial charge is 0.508 e. The number of ether oxygens (including phenoxy) is 3. The van der Waals surface area contributed by atoms with E-state index in [4.69, 9.17) is 25.6 Å². The van der Waals surface area contributed by atoms with Crippen LogP contribution in [0.4, 0.5) is 19.0 Å². The molecule has 8 rings (SSSR count). The smallest absolute Gasteiger partial charge is 0.319 e. The molecular formula is C33H28F3N5O4. The van der Waals surface area contributed by atoms with Crippen molar-refractivity contribution < 1.29 is 32.5 Å². The van der Waals surface area contributed by atoms with E-state index in [-0.39, 0.29) is 64.0 Å². The molecule has 9 nitrogen and oxygen atoms in total. The first-order valence-corrected chi connectivity index (χ1v) is 14.9. The summed E-state index contributed by atoms with van der Waals surface area (Å²) in [7, 11) is 0. The molecular weight excluding hydrogens is 587 g/mol. The molecule has 0 bridgehead atoms. The van der Waals surface area contributed by atoms with E-state index in [9.17, 15) is 13.9 Å². The third-order valence-corrected chi connectivity index (χ3v) is 9.22. The quantitative estimate of drug-likeness (QED) is 0.310. The number of aromatic hydroxyl groups is 1. The number of phenolic OH excluding ortho intramolecular Hbond substituents is 1. The summed E-state index contributed by atoms with van der Waals surface area (Å²) < 4.78 is 64.2. The Morgan fingerprint density at radius 1 is 1.13 bits per heavy atom. The number of phenols is 1. The Labute approximate surface area is 256 Å². The monoisotopic (exact) mass is 615 g/mol. The van der Waals surface area contributed by atoms with Crippen LogP contribution in [0.15, 0.2) is 36.2 Å². The topological polar surface area (TPSA) is 93.1 Å². The average Bonchev–Trinajstić information content (AvgIpc) is 3.38. The van der Waals surface area contributed by atoms with Crippen molar-refractivity contribution in [3.63, 3.8) is 0 Å². The van der Waals surface area contributed by atoms with Crippen molar-refractivity contribution in [3.8, 4) is 41.2 Å². The van der Waals surface area contributed by atoms with E-state index in [1.807, 2.05) is 4.90 Å². The fourth-order valence-electron chi connectivity index (χ4n) is 7.21. The lowest BCUT2D eigenvalue weighted by Gasteiger charge is -2.31. The zero-order chi connectivity index (χ0) is 30.9. The molecule has 0 unspecified atom stereocenters. The molecule has 2 saturated heterocycles. The molecule has 2 atom stereocenters. The zero-order valence-electron chi connectivity index (χ0n) is 24.2. The standard InChI is InChI=1S/C33H28F3N5O4/c1-2-22-24(35)6-5-18-11-21(42)12-23(25(18)22)28-27(36)29-26-30(41-9-4-10-43-15-20(41)16-44-31(26)37-28)39-32(38-29)45-17-33-7-3-8-40(33)14-19(34)13-33/h1,5-6,11-12,15,19,42H,3-4,7-10,13-14,16-17H2/t19-,33+/m1/s1. The summed E-state index contributed by atoms with van der Waals surface area (Å²) in [6.45, 7) is 2.33. The van der Waals surface area contributed by atoms with E-state index >= 15 is 4.39 Å². The van der Waals surface area contributed by atoms with Crippen molar-refractivity contribution in [2.24, 2.45) is 0 Å². The van der Waals surface area contributed by atoms with E-state index in [0.717, 1.165) is 19.4 Å². The first kappa shape index (κ1) is 27.8. The van der Waals surface area contributed by atoms with E-state index in [1.165, 1.54) is 24.3 Å². The van der Waals surface area contributed by atoms with Gasteiger partial charge in [-0.05, 0) is 49.4 Å². The van der Waals surface area contributed by atoms with E-state index in [1.54, 1.807) is 6.26 Å². The van der Waals surface area contributed by atoms with E-state index in [2.05, 4.69) is 20.8 Å². The number of hydrogen-bond donors (Lipinski definition) is 1. The van der Waals surface area contributed by atoms with Crippen LogP contribution >= 0.6 is 0 Å². The van der Waals surface area contributed by atoms with Crippen molar-refractivity contribution in [2.75, 3.05) is 44.4 Å². The van der Waals surface area contributed by atoms with Crippen molar-refractivity contribution in [3.05, 3.63) is 53.4 Å². The lowest BCUT2D eigenvalue weighted by atomic mass is 9.95. The predicted octanol–water partition coefficient (Wildman–Crippen LogP) is 5.23. The number of rotatable bonds is 4. The fourth-order valence-corrected chi connectivity index (χ4v) is 7.21. The normalized spacial score (nSPS) is 22.6. The molecule has 2 fully saturated rings. The van der Waals surface area contributed by atoms with Crippen LogP contribution in [0.3, 0.4) is 0 Å². The number of hydrogen-bond acceptors (Lipinski definition) is 9. The molecule has 12 heteroatoms. The van der Waals surface area contributed by atoms with Crippen LogP contribution in [0.5, 0.6) is 17.6 Å². The Morgan fingerprint density at radius 3 is 2.89 bits per heavy atom. The number of terminal acetylenes is 1. The van der Waals surface area contributed by atoms with Crippen LogP contribution in [0.25, 0.3) is 32.9 Å². The summed E-state index contributed by atoms with van der Waals surface area (Å²) in [5.41, 5.74) is -0.223. The molecule has 4 aromatic rings. The predicted molar refractivity (Wildman–Crippen MR) is 160 cm³/mol. The van der Waals surface area contributed by atoms with Gasteiger partial charge in [0.05, 0.1) is 23.4 Å². The molecule has 0 saturated carbocycles. The van der Waals surface area contributed by atoms with Crippen molar-refractivity contribution in [2.45, 2.75) is 37.4 Å². The summed E-state index contributed by atoms with van der Waals surface area (Å²) in [5, 5.41) is 11.4. The Morgan fingerprint density at radius 2 is 2.02 bits per heavy atom.